The van der Waals surface area contributed by atoms with Crippen molar-refractivity contribution >= 4 is 21.7 Å². The standard InChI is InChI=1S/C18H19BrO/c1-18(2,3)15-8-4-13(5-9-15)12-17(20)14-6-10-16(19)11-7-14/h4-11H,12H2,1-3H3. The number of rotatable bonds is 3. The van der Waals surface area contributed by atoms with Crippen LogP contribution in [0.4, 0.5) is 0 Å². The number of benzene rings is 2. The minimum absolute atomic E-state index is 0.147. The van der Waals surface area contributed by atoms with Crippen LogP contribution in [0.15, 0.2) is 53.0 Å². The van der Waals surface area contributed by atoms with E-state index in [2.05, 4.69) is 61.0 Å². The number of ketones is 1. The molecule has 0 amide bonds. The molecule has 104 valence electrons. The van der Waals surface area contributed by atoms with Crippen LogP contribution in [-0.2, 0) is 11.8 Å². The highest BCUT2D eigenvalue weighted by Crippen LogP contribution is 2.22. The molecule has 2 aromatic rings. The average Bonchev–Trinajstić information content (AvgIpc) is 2.39. The lowest BCUT2D eigenvalue weighted by Crippen LogP contribution is -2.11. The van der Waals surface area contributed by atoms with Gasteiger partial charge in [-0.25, -0.2) is 0 Å². The van der Waals surface area contributed by atoms with E-state index < -0.39 is 0 Å². The Kier molecular flexibility index (Phi) is 4.44. The molecule has 0 aliphatic rings. The van der Waals surface area contributed by atoms with Crippen molar-refractivity contribution < 1.29 is 4.79 Å². The van der Waals surface area contributed by atoms with E-state index in [1.165, 1.54) is 5.56 Å². The molecule has 0 heterocycles. The first-order chi connectivity index (χ1) is 9.36. The van der Waals surface area contributed by atoms with Crippen molar-refractivity contribution in [1.29, 1.82) is 0 Å². The number of carbonyl (C=O) groups excluding carboxylic acids is 1. The Morgan fingerprint density at radius 1 is 0.950 bits per heavy atom. The van der Waals surface area contributed by atoms with Crippen molar-refractivity contribution in [1.82, 2.24) is 0 Å². The highest BCUT2D eigenvalue weighted by Gasteiger charge is 2.13. The SMILES string of the molecule is CC(C)(C)c1ccc(CC(=O)c2ccc(Br)cc2)cc1. The number of hydrogen-bond acceptors (Lipinski definition) is 1. The highest BCUT2D eigenvalue weighted by molar-refractivity contribution is 9.10. The van der Waals surface area contributed by atoms with Gasteiger partial charge in [-0.3, -0.25) is 4.79 Å². The molecule has 1 nitrogen and oxygen atoms in total. The van der Waals surface area contributed by atoms with Gasteiger partial charge in [-0.1, -0.05) is 73.1 Å². The quantitative estimate of drug-likeness (QED) is 0.709. The zero-order chi connectivity index (χ0) is 14.8. The third-order valence-electron chi connectivity index (χ3n) is 3.35. The molecule has 0 saturated carbocycles. The maximum atomic E-state index is 12.2. The number of halogens is 1. The summed E-state index contributed by atoms with van der Waals surface area (Å²) in [7, 11) is 0. The zero-order valence-corrected chi connectivity index (χ0v) is 13.7. The van der Waals surface area contributed by atoms with Gasteiger partial charge in [0.1, 0.15) is 0 Å². The summed E-state index contributed by atoms with van der Waals surface area (Å²) >= 11 is 3.38. The third kappa shape index (κ3) is 3.80. The minimum Gasteiger partial charge on any atom is -0.294 e. The summed E-state index contributed by atoms with van der Waals surface area (Å²) in [5, 5.41) is 0. The van der Waals surface area contributed by atoms with Gasteiger partial charge in [0, 0.05) is 16.5 Å². The monoisotopic (exact) mass is 330 g/mol. The highest BCUT2D eigenvalue weighted by atomic mass is 79.9. The summed E-state index contributed by atoms with van der Waals surface area (Å²) in [5.41, 5.74) is 3.25. The minimum atomic E-state index is 0.147. The van der Waals surface area contributed by atoms with Gasteiger partial charge in [-0.15, -0.1) is 0 Å². The first kappa shape index (κ1) is 15.0. The van der Waals surface area contributed by atoms with Crippen molar-refractivity contribution in [3.63, 3.8) is 0 Å². The molecule has 0 fully saturated rings. The molecule has 0 unspecified atom stereocenters. The third-order valence-corrected chi connectivity index (χ3v) is 3.88. The van der Waals surface area contributed by atoms with Crippen LogP contribution in [0.25, 0.3) is 0 Å². The molecule has 0 aliphatic heterocycles. The molecule has 0 bridgehead atoms. The topological polar surface area (TPSA) is 17.1 Å². The van der Waals surface area contributed by atoms with E-state index >= 15 is 0 Å². The van der Waals surface area contributed by atoms with Crippen molar-refractivity contribution in [2.24, 2.45) is 0 Å². The Bertz CT molecular complexity index is 589. The van der Waals surface area contributed by atoms with Gasteiger partial charge >= 0.3 is 0 Å². The van der Waals surface area contributed by atoms with Crippen LogP contribution in [0.5, 0.6) is 0 Å². The second-order valence-corrected chi connectivity index (χ2v) is 6.97. The van der Waals surface area contributed by atoms with Gasteiger partial charge in [0.2, 0.25) is 0 Å². The molecule has 0 aliphatic carbocycles. The second-order valence-electron chi connectivity index (χ2n) is 6.05. The molecule has 0 atom stereocenters. The van der Waals surface area contributed by atoms with E-state index in [9.17, 15) is 4.79 Å². The Hall–Kier alpha value is -1.41. The fourth-order valence-electron chi connectivity index (χ4n) is 2.05. The normalized spacial score (nSPS) is 11.4. The second kappa shape index (κ2) is 5.92. The molecule has 0 saturated heterocycles. The van der Waals surface area contributed by atoms with Crippen molar-refractivity contribution in [3.05, 3.63) is 69.7 Å². The largest absolute Gasteiger partial charge is 0.294 e. The Balaban J connectivity index is 2.10. The lowest BCUT2D eigenvalue weighted by atomic mass is 9.86. The fraction of sp³-hybridized carbons (Fsp3) is 0.278. The molecular formula is C18H19BrO. The van der Waals surface area contributed by atoms with E-state index in [4.69, 9.17) is 0 Å². The Labute approximate surface area is 129 Å². The molecule has 2 aromatic carbocycles. The fourth-order valence-corrected chi connectivity index (χ4v) is 2.31. The molecule has 2 heteroatoms. The van der Waals surface area contributed by atoms with Crippen molar-refractivity contribution in [2.75, 3.05) is 0 Å². The van der Waals surface area contributed by atoms with E-state index in [0.717, 1.165) is 15.6 Å². The summed E-state index contributed by atoms with van der Waals surface area (Å²) in [6.07, 6.45) is 0.450. The predicted octanol–water partition coefficient (Wildman–Crippen LogP) is 5.17. The zero-order valence-electron chi connectivity index (χ0n) is 12.1. The smallest absolute Gasteiger partial charge is 0.167 e. The Morgan fingerprint density at radius 2 is 1.50 bits per heavy atom. The van der Waals surface area contributed by atoms with Gasteiger partial charge in [-0.05, 0) is 28.7 Å². The number of hydrogen-bond donors (Lipinski definition) is 0. The first-order valence-electron chi connectivity index (χ1n) is 6.74. The van der Waals surface area contributed by atoms with Crippen LogP contribution in [0.3, 0.4) is 0 Å². The van der Waals surface area contributed by atoms with Crippen LogP contribution < -0.4 is 0 Å². The lowest BCUT2D eigenvalue weighted by molar-refractivity contribution is 0.0993. The van der Waals surface area contributed by atoms with Crippen LogP contribution in [0, 0.1) is 0 Å². The summed E-state index contributed by atoms with van der Waals surface area (Å²) in [4.78, 5) is 12.2. The number of Topliss-reactive ketones (excluding diaryl/α,β-unsaturated/α-hetero) is 1. The van der Waals surface area contributed by atoms with Gasteiger partial charge < -0.3 is 0 Å². The van der Waals surface area contributed by atoms with E-state index in [-0.39, 0.29) is 11.2 Å². The maximum absolute atomic E-state index is 12.2. The first-order valence-corrected chi connectivity index (χ1v) is 7.54. The number of carbonyl (C=O) groups is 1. The van der Waals surface area contributed by atoms with E-state index in [1.54, 1.807) is 0 Å². The van der Waals surface area contributed by atoms with Crippen LogP contribution in [0.1, 0.15) is 42.3 Å². The molecular weight excluding hydrogens is 312 g/mol. The van der Waals surface area contributed by atoms with Crippen molar-refractivity contribution in [3.8, 4) is 0 Å². The predicted molar refractivity (Wildman–Crippen MR) is 87.3 cm³/mol. The Morgan fingerprint density at radius 3 is 2.00 bits per heavy atom. The average molecular weight is 331 g/mol. The van der Waals surface area contributed by atoms with E-state index in [0.29, 0.717) is 6.42 Å². The van der Waals surface area contributed by atoms with Crippen LogP contribution >= 0.6 is 15.9 Å². The van der Waals surface area contributed by atoms with Gasteiger partial charge in [0.25, 0.3) is 0 Å². The van der Waals surface area contributed by atoms with Crippen LogP contribution in [-0.4, -0.2) is 5.78 Å². The van der Waals surface area contributed by atoms with Gasteiger partial charge in [0.15, 0.2) is 5.78 Å². The molecule has 2 rings (SSSR count). The molecule has 0 N–H and O–H groups in total. The summed E-state index contributed by atoms with van der Waals surface area (Å²) in [6.45, 7) is 6.57. The maximum Gasteiger partial charge on any atom is 0.167 e. The molecule has 20 heavy (non-hydrogen) atoms. The van der Waals surface area contributed by atoms with Gasteiger partial charge in [-0.2, -0.15) is 0 Å². The van der Waals surface area contributed by atoms with Crippen molar-refractivity contribution in [2.45, 2.75) is 32.6 Å². The van der Waals surface area contributed by atoms with E-state index in [1.807, 2.05) is 24.3 Å². The summed E-state index contributed by atoms with van der Waals surface area (Å²) in [6, 6.07) is 15.8. The van der Waals surface area contributed by atoms with Crippen LogP contribution in [0.2, 0.25) is 0 Å². The molecule has 0 spiro atoms. The lowest BCUT2D eigenvalue weighted by Gasteiger charge is -2.19. The molecule has 0 radical (unpaired) electrons. The molecule has 0 aromatic heterocycles. The summed E-state index contributed by atoms with van der Waals surface area (Å²) < 4.78 is 0.989. The summed E-state index contributed by atoms with van der Waals surface area (Å²) in [5.74, 6) is 0.154. The van der Waals surface area contributed by atoms with Gasteiger partial charge in [0.05, 0.1) is 0 Å².